The average Bonchev–Trinajstić information content (AvgIpc) is 2.24. The van der Waals surface area contributed by atoms with Crippen molar-refractivity contribution in [2.24, 2.45) is 10.9 Å². The van der Waals surface area contributed by atoms with Crippen molar-refractivity contribution in [1.29, 1.82) is 0 Å². The molecule has 0 bridgehead atoms. The third kappa shape index (κ3) is 3.00. The lowest BCUT2D eigenvalue weighted by molar-refractivity contribution is 0.0503. The first-order chi connectivity index (χ1) is 7.93. The molecule has 0 aliphatic carbocycles. The number of carbonyl (C=O) groups is 2. The number of nitrogens with two attached hydrogens (primary N) is 1. The Kier molecular flexibility index (Phi) is 3.76. The molecule has 1 aromatic carbocycles. The van der Waals surface area contributed by atoms with Crippen molar-refractivity contribution >= 4 is 17.8 Å². The van der Waals surface area contributed by atoms with Gasteiger partial charge >= 0.3 is 11.9 Å². The van der Waals surface area contributed by atoms with Crippen molar-refractivity contribution in [2.75, 3.05) is 0 Å². The zero-order valence-corrected chi connectivity index (χ0v) is 8.81. The van der Waals surface area contributed by atoms with E-state index in [1.54, 1.807) is 0 Å². The number of nitrogens with zero attached hydrogens (tertiary/aromatic N) is 1. The second kappa shape index (κ2) is 5.06. The summed E-state index contributed by atoms with van der Waals surface area (Å²) in [6, 6.07) is 3.24. The van der Waals surface area contributed by atoms with Crippen LogP contribution in [0.3, 0.4) is 0 Å². The van der Waals surface area contributed by atoms with Gasteiger partial charge in [-0.05, 0) is 19.1 Å². The Morgan fingerprint density at radius 2 is 2.12 bits per heavy atom. The highest BCUT2D eigenvalue weighted by atomic mass is 19.1. The van der Waals surface area contributed by atoms with Gasteiger partial charge < -0.3 is 15.7 Å². The second-order valence-corrected chi connectivity index (χ2v) is 3.08. The van der Waals surface area contributed by atoms with E-state index in [-0.39, 0.29) is 5.84 Å². The smallest absolute Gasteiger partial charge is 0.366 e. The van der Waals surface area contributed by atoms with Gasteiger partial charge in [0.2, 0.25) is 0 Å². The van der Waals surface area contributed by atoms with Crippen LogP contribution >= 0.6 is 0 Å². The summed E-state index contributed by atoms with van der Waals surface area (Å²) in [7, 11) is 0. The molecule has 0 heterocycles. The van der Waals surface area contributed by atoms with Crippen molar-refractivity contribution in [3.63, 3.8) is 0 Å². The maximum atomic E-state index is 13.2. The first-order valence-electron chi connectivity index (χ1n) is 4.46. The molecule has 90 valence electrons. The first kappa shape index (κ1) is 12.6. The van der Waals surface area contributed by atoms with Crippen LogP contribution in [-0.2, 0) is 4.84 Å². The van der Waals surface area contributed by atoms with Crippen molar-refractivity contribution in [2.45, 2.75) is 6.92 Å². The number of benzene rings is 1. The van der Waals surface area contributed by atoms with Gasteiger partial charge in [0, 0.05) is 0 Å². The van der Waals surface area contributed by atoms with Gasteiger partial charge in [0.05, 0.1) is 5.56 Å². The van der Waals surface area contributed by atoms with Gasteiger partial charge in [-0.3, -0.25) is 0 Å². The number of carboxylic acids is 1. The Morgan fingerprint density at radius 3 is 2.65 bits per heavy atom. The fourth-order valence-electron chi connectivity index (χ4n) is 1.07. The normalized spacial score (nSPS) is 11.1. The molecular weight excluding hydrogens is 231 g/mol. The number of carboxylic acid groups (broad SMARTS) is 1. The molecule has 7 heteroatoms. The van der Waals surface area contributed by atoms with Crippen LogP contribution in [0.1, 0.15) is 27.6 Å². The van der Waals surface area contributed by atoms with Gasteiger partial charge in [-0.1, -0.05) is 11.2 Å². The van der Waals surface area contributed by atoms with E-state index in [9.17, 15) is 14.0 Å². The predicted molar refractivity (Wildman–Crippen MR) is 56.1 cm³/mol. The lowest BCUT2D eigenvalue weighted by Gasteiger charge is -2.03. The largest absolute Gasteiger partial charge is 0.478 e. The van der Waals surface area contributed by atoms with E-state index in [0.29, 0.717) is 0 Å². The zero-order chi connectivity index (χ0) is 13.0. The minimum atomic E-state index is -1.57. The molecule has 3 N–H and O–H groups in total. The van der Waals surface area contributed by atoms with E-state index >= 15 is 0 Å². The summed E-state index contributed by atoms with van der Waals surface area (Å²) in [5.74, 6) is -3.71. The van der Waals surface area contributed by atoms with Crippen LogP contribution in [0.5, 0.6) is 0 Å². The lowest BCUT2D eigenvalue weighted by atomic mass is 10.1. The van der Waals surface area contributed by atoms with E-state index in [4.69, 9.17) is 10.8 Å². The zero-order valence-electron chi connectivity index (χ0n) is 8.81. The molecule has 0 saturated heterocycles. The maximum Gasteiger partial charge on any atom is 0.366 e. The standard InChI is InChI=1S/C10H9FN2O4/c1-5(12)13-17-10(16)6-3-2-4-7(11)8(6)9(14)15/h2-4H,1H3,(H2,12,13)(H,14,15). The van der Waals surface area contributed by atoms with Crippen LogP contribution in [0.2, 0.25) is 0 Å². The van der Waals surface area contributed by atoms with Crippen molar-refractivity contribution in [3.8, 4) is 0 Å². The van der Waals surface area contributed by atoms with Crippen LogP contribution in [0.15, 0.2) is 23.4 Å². The van der Waals surface area contributed by atoms with Crippen LogP contribution < -0.4 is 5.73 Å². The van der Waals surface area contributed by atoms with Crippen LogP contribution in [-0.4, -0.2) is 22.9 Å². The monoisotopic (exact) mass is 240 g/mol. The van der Waals surface area contributed by atoms with Gasteiger partial charge in [-0.2, -0.15) is 0 Å². The number of oxime groups is 1. The Balaban J connectivity index is 3.14. The van der Waals surface area contributed by atoms with E-state index in [2.05, 4.69) is 9.99 Å². The molecule has 0 unspecified atom stereocenters. The fourth-order valence-corrected chi connectivity index (χ4v) is 1.07. The third-order valence-electron chi connectivity index (χ3n) is 1.72. The Morgan fingerprint density at radius 1 is 1.47 bits per heavy atom. The number of halogens is 1. The van der Waals surface area contributed by atoms with Crippen LogP contribution in [0, 0.1) is 5.82 Å². The summed E-state index contributed by atoms with van der Waals surface area (Å²) in [5.41, 5.74) is 3.94. The van der Waals surface area contributed by atoms with Gasteiger partial charge in [-0.15, -0.1) is 0 Å². The highest BCUT2D eigenvalue weighted by Crippen LogP contribution is 2.14. The minimum Gasteiger partial charge on any atom is -0.478 e. The Labute approximate surface area is 95.5 Å². The number of hydrogen-bond donors (Lipinski definition) is 2. The fraction of sp³-hybridized carbons (Fsp3) is 0.100. The van der Waals surface area contributed by atoms with E-state index < -0.39 is 28.9 Å². The molecule has 0 saturated carbocycles. The maximum absolute atomic E-state index is 13.2. The molecule has 6 nitrogen and oxygen atoms in total. The van der Waals surface area contributed by atoms with Crippen LogP contribution in [0.25, 0.3) is 0 Å². The molecule has 1 rings (SSSR count). The minimum absolute atomic E-state index is 0.0216. The van der Waals surface area contributed by atoms with Gasteiger partial charge in [-0.25, -0.2) is 14.0 Å². The van der Waals surface area contributed by atoms with Crippen LogP contribution in [0.4, 0.5) is 4.39 Å². The highest BCUT2D eigenvalue weighted by molar-refractivity contribution is 6.02. The molecule has 0 amide bonds. The van der Waals surface area contributed by atoms with E-state index in [1.807, 2.05) is 0 Å². The summed E-state index contributed by atoms with van der Waals surface area (Å²) in [4.78, 5) is 26.5. The summed E-state index contributed by atoms with van der Waals surface area (Å²) in [6.45, 7) is 1.37. The van der Waals surface area contributed by atoms with Gasteiger partial charge in [0.1, 0.15) is 17.2 Å². The first-order valence-corrected chi connectivity index (χ1v) is 4.46. The van der Waals surface area contributed by atoms with Gasteiger partial charge in [0.25, 0.3) is 0 Å². The summed E-state index contributed by atoms with van der Waals surface area (Å²) in [5, 5.41) is 11.9. The topological polar surface area (TPSA) is 102 Å². The van der Waals surface area contributed by atoms with Gasteiger partial charge in [0.15, 0.2) is 0 Å². The Hall–Kier alpha value is -2.44. The summed E-state index contributed by atoms with van der Waals surface area (Å²) in [6.07, 6.45) is 0. The van der Waals surface area contributed by atoms with Crippen molar-refractivity contribution < 1.29 is 23.9 Å². The lowest BCUT2D eigenvalue weighted by Crippen LogP contribution is -2.14. The predicted octanol–water partition coefficient (Wildman–Crippen LogP) is 0.973. The van der Waals surface area contributed by atoms with Crippen molar-refractivity contribution in [1.82, 2.24) is 0 Å². The second-order valence-electron chi connectivity index (χ2n) is 3.08. The molecule has 0 radical (unpaired) electrons. The summed E-state index contributed by atoms with van der Waals surface area (Å²) < 4.78 is 13.2. The molecule has 0 fully saturated rings. The molecule has 0 aromatic heterocycles. The number of carbonyl (C=O) groups excluding carboxylic acids is 1. The molecule has 0 spiro atoms. The number of rotatable bonds is 3. The SMILES string of the molecule is C/C(N)=N\OC(=O)c1cccc(F)c1C(=O)O. The highest BCUT2D eigenvalue weighted by Gasteiger charge is 2.21. The Bertz CT molecular complexity index is 495. The molecule has 0 aliphatic heterocycles. The molecule has 0 atom stereocenters. The third-order valence-corrected chi connectivity index (χ3v) is 1.72. The molecule has 17 heavy (non-hydrogen) atoms. The number of aromatic carboxylic acids is 1. The molecule has 1 aromatic rings. The van der Waals surface area contributed by atoms with E-state index in [0.717, 1.165) is 12.1 Å². The van der Waals surface area contributed by atoms with Crippen molar-refractivity contribution in [3.05, 3.63) is 35.1 Å². The number of hydrogen-bond acceptors (Lipinski definition) is 4. The summed E-state index contributed by atoms with van der Waals surface area (Å²) >= 11 is 0. The molecular formula is C10H9FN2O4. The molecule has 0 aliphatic rings. The number of amidine groups is 1. The quantitative estimate of drug-likeness (QED) is 0.355. The van der Waals surface area contributed by atoms with E-state index in [1.165, 1.54) is 13.0 Å². The average molecular weight is 240 g/mol.